The van der Waals surface area contributed by atoms with Crippen LogP contribution >= 0.6 is 15.9 Å². The van der Waals surface area contributed by atoms with Crippen LogP contribution in [0.25, 0.3) is 0 Å². The van der Waals surface area contributed by atoms with Gasteiger partial charge in [-0.15, -0.1) is 0 Å². The number of rotatable bonds is 6. The third kappa shape index (κ3) is 3.98. The average molecular weight is 467 g/mol. The molecule has 0 aliphatic heterocycles. The number of hydrogen-bond acceptors (Lipinski definition) is 3. The van der Waals surface area contributed by atoms with Crippen LogP contribution < -0.4 is 4.74 Å². The van der Waals surface area contributed by atoms with Gasteiger partial charge in [-0.2, -0.15) is 0 Å². The van der Waals surface area contributed by atoms with Gasteiger partial charge in [0.1, 0.15) is 17.3 Å². The van der Waals surface area contributed by atoms with Crippen molar-refractivity contribution in [2.45, 2.75) is 51.9 Å². The van der Waals surface area contributed by atoms with Gasteiger partial charge in [0.05, 0.1) is 12.7 Å². The van der Waals surface area contributed by atoms with Crippen LogP contribution in [-0.4, -0.2) is 12.9 Å². The fourth-order valence-corrected chi connectivity index (χ4v) is 4.93. The van der Waals surface area contributed by atoms with E-state index >= 15 is 0 Å². The molecule has 1 aliphatic rings. The van der Waals surface area contributed by atoms with Crippen molar-refractivity contribution in [1.29, 1.82) is 0 Å². The van der Waals surface area contributed by atoms with E-state index < -0.39 is 0 Å². The van der Waals surface area contributed by atoms with E-state index in [2.05, 4.69) is 22.0 Å². The van der Waals surface area contributed by atoms with Crippen molar-refractivity contribution in [3.8, 4) is 5.75 Å². The Balaban J connectivity index is 1.73. The first kappa shape index (κ1) is 20.9. The lowest BCUT2D eigenvalue weighted by atomic mass is 9.91. The molecule has 0 radical (unpaired) electrons. The standard InChI is InChI=1S/C26H27BrO3/c1-16-17(2)30-24(15-19-10-6-7-11-22(19)27)25(16)26(28)20-12-13-23(29-3)21(14-20)18-8-4-5-9-18/h6-7,10-14,18H,4-5,8-9,15H2,1-3H3. The zero-order valence-corrected chi connectivity index (χ0v) is 19.3. The highest BCUT2D eigenvalue weighted by molar-refractivity contribution is 9.10. The van der Waals surface area contributed by atoms with Gasteiger partial charge in [-0.1, -0.05) is 47.0 Å². The maximum Gasteiger partial charge on any atom is 0.196 e. The highest BCUT2D eigenvalue weighted by atomic mass is 79.9. The second kappa shape index (κ2) is 8.81. The van der Waals surface area contributed by atoms with E-state index in [-0.39, 0.29) is 5.78 Å². The van der Waals surface area contributed by atoms with Crippen LogP contribution in [0.15, 0.2) is 51.4 Å². The summed E-state index contributed by atoms with van der Waals surface area (Å²) in [6.07, 6.45) is 5.36. The number of hydrogen-bond donors (Lipinski definition) is 0. The minimum Gasteiger partial charge on any atom is -0.496 e. The summed E-state index contributed by atoms with van der Waals surface area (Å²) < 4.78 is 12.7. The molecule has 0 saturated heterocycles. The molecule has 4 heteroatoms. The number of ether oxygens (including phenoxy) is 1. The van der Waals surface area contributed by atoms with Crippen LogP contribution in [0.5, 0.6) is 5.75 Å². The largest absolute Gasteiger partial charge is 0.496 e. The van der Waals surface area contributed by atoms with Gasteiger partial charge in [0.15, 0.2) is 5.78 Å². The Kier molecular flexibility index (Phi) is 6.14. The molecule has 0 N–H and O–H groups in total. The minimum absolute atomic E-state index is 0.0216. The molecule has 0 unspecified atom stereocenters. The number of ketones is 1. The van der Waals surface area contributed by atoms with E-state index in [0.29, 0.717) is 23.5 Å². The molecule has 1 saturated carbocycles. The molecule has 1 fully saturated rings. The molecule has 0 bridgehead atoms. The highest BCUT2D eigenvalue weighted by Crippen LogP contribution is 2.39. The first-order valence-corrected chi connectivity index (χ1v) is 11.3. The summed E-state index contributed by atoms with van der Waals surface area (Å²) in [7, 11) is 1.70. The Bertz CT molecular complexity index is 1070. The van der Waals surface area contributed by atoms with E-state index in [0.717, 1.165) is 51.3 Å². The Morgan fingerprint density at radius 3 is 2.57 bits per heavy atom. The first-order valence-electron chi connectivity index (χ1n) is 10.5. The summed E-state index contributed by atoms with van der Waals surface area (Å²) in [6, 6.07) is 13.9. The van der Waals surface area contributed by atoms with Crippen LogP contribution in [0.2, 0.25) is 0 Å². The molecular formula is C26H27BrO3. The van der Waals surface area contributed by atoms with Crippen molar-refractivity contribution >= 4 is 21.7 Å². The van der Waals surface area contributed by atoms with E-state index in [1.54, 1.807) is 7.11 Å². The molecule has 2 aromatic carbocycles. The Morgan fingerprint density at radius 2 is 1.87 bits per heavy atom. The molecule has 1 aliphatic carbocycles. The summed E-state index contributed by atoms with van der Waals surface area (Å²) in [4.78, 5) is 13.6. The van der Waals surface area contributed by atoms with Crippen LogP contribution in [0.4, 0.5) is 0 Å². The molecule has 156 valence electrons. The molecule has 3 nitrogen and oxygen atoms in total. The Labute approximate surface area is 186 Å². The Hall–Kier alpha value is -2.33. The lowest BCUT2D eigenvalue weighted by Crippen LogP contribution is -2.08. The van der Waals surface area contributed by atoms with Crippen molar-refractivity contribution in [2.75, 3.05) is 7.11 Å². The average Bonchev–Trinajstić information content (AvgIpc) is 3.38. The van der Waals surface area contributed by atoms with Gasteiger partial charge < -0.3 is 9.15 Å². The summed E-state index contributed by atoms with van der Waals surface area (Å²) in [6.45, 7) is 3.89. The summed E-state index contributed by atoms with van der Waals surface area (Å²) in [5, 5.41) is 0. The molecule has 3 aromatic rings. The van der Waals surface area contributed by atoms with Crippen molar-refractivity contribution < 1.29 is 13.9 Å². The topological polar surface area (TPSA) is 39.4 Å². The quantitative estimate of drug-likeness (QED) is 0.362. The molecule has 1 aromatic heterocycles. The third-order valence-corrected chi connectivity index (χ3v) is 7.05. The van der Waals surface area contributed by atoms with E-state index in [1.807, 2.05) is 50.2 Å². The lowest BCUT2D eigenvalue weighted by Gasteiger charge is -2.16. The van der Waals surface area contributed by atoms with Gasteiger partial charge in [-0.05, 0) is 68.0 Å². The van der Waals surface area contributed by atoms with Gasteiger partial charge in [0, 0.05) is 22.0 Å². The van der Waals surface area contributed by atoms with Gasteiger partial charge in [-0.25, -0.2) is 0 Å². The number of halogens is 1. The number of aryl methyl sites for hydroxylation is 1. The Morgan fingerprint density at radius 1 is 1.13 bits per heavy atom. The fourth-order valence-electron chi connectivity index (χ4n) is 4.51. The van der Waals surface area contributed by atoms with Crippen molar-refractivity contribution in [1.82, 2.24) is 0 Å². The van der Waals surface area contributed by atoms with Crippen molar-refractivity contribution in [2.24, 2.45) is 0 Å². The molecule has 30 heavy (non-hydrogen) atoms. The van der Waals surface area contributed by atoms with E-state index in [4.69, 9.17) is 9.15 Å². The van der Waals surface area contributed by atoms with Crippen LogP contribution in [0.1, 0.15) is 75.7 Å². The number of carbonyl (C=O) groups is 1. The zero-order chi connectivity index (χ0) is 21.3. The summed E-state index contributed by atoms with van der Waals surface area (Å²) in [5.74, 6) is 2.89. The molecular weight excluding hydrogens is 440 g/mol. The minimum atomic E-state index is 0.0216. The SMILES string of the molecule is COc1ccc(C(=O)c2c(Cc3ccccc3Br)oc(C)c2C)cc1C1CCCC1. The number of carbonyl (C=O) groups excluding carboxylic acids is 1. The number of benzene rings is 2. The monoisotopic (exact) mass is 466 g/mol. The van der Waals surface area contributed by atoms with E-state index in [9.17, 15) is 4.79 Å². The number of furan rings is 1. The molecule has 0 spiro atoms. The normalized spacial score (nSPS) is 14.3. The van der Waals surface area contributed by atoms with Gasteiger partial charge >= 0.3 is 0 Å². The van der Waals surface area contributed by atoms with E-state index in [1.165, 1.54) is 12.8 Å². The summed E-state index contributed by atoms with van der Waals surface area (Å²) >= 11 is 3.61. The number of methoxy groups -OCH3 is 1. The van der Waals surface area contributed by atoms with Crippen LogP contribution in [0.3, 0.4) is 0 Å². The second-order valence-electron chi connectivity index (χ2n) is 8.12. The van der Waals surface area contributed by atoms with Gasteiger partial charge in [-0.3, -0.25) is 4.79 Å². The molecule has 0 atom stereocenters. The molecule has 0 amide bonds. The third-order valence-electron chi connectivity index (χ3n) is 6.28. The first-order chi connectivity index (χ1) is 14.5. The van der Waals surface area contributed by atoms with Crippen molar-refractivity contribution in [3.63, 3.8) is 0 Å². The molecule has 1 heterocycles. The maximum atomic E-state index is 13.6. The van der Waals surface area contributed by atoms with Gasteiger partial charge in [0.25, 0.3) is 0 Å². The maximum absolute atomic E-state index is 13.6. The zero-order valence-electron chi connectivity index (χ0n) is 17.8. The fraction of sp³-hybridized carbons (Fsp3) is 0.346. The lowest BCUT2D eigenvalue weighted by molar-refractivity contribution is 0.103. The highest BCUT2D eigenvalue weighted by Gasteiger charge is 2.26. The second-order valence-corrected chi connectivity index (χ2v) is 8.97. The summed E-state index contributed by atoms with van der Waals surface area (Å²) in [5.41, 5.74) is 4.56. The van der Waals surface area contributed by atoms with Crippen LogP contribution in [-0.2, 0) is 6.42 Å². The predicted molar refractivity (Wildman–Crippen MR) is 123 cm³/mol. The van der Waals surface area contributed by atoms with Crippen molar-refractivity contribution in [3.05, 3.63) is 86.3 Å². The van der Waals surface area contributed by atoms with Gasteiger partial charge in [0.2, 0.25) is 0 Å². The smallest absolute Gasteiger partial charge is 0.196 e. The predicted octanol–water partition coefficient (Wildman–Crippen LogP) is 7.15. The van der Waals surface area contributed by atoms with Crippen LogP contribution in [0, 0.1) is 13.8 Å². The molecule has 4 rings (SSSR count).